The SMILES string of the molecule is Nc1cc2ccccc2c(=O)n1CCC1CCC1. The van der Waals surface area contributed by atoms with Gasteiger partial charge in [0.15, 0.2) is 0 Å². The molecule has 18 heavy (non-hydrogen) atoms. The lowest BCUT2D eigenvalue weighted by Crippen LogP contribution is -2.25. The maximum absolute atomic E-state index is 12.4. The molecule has 0 amide bonds. The molecule has 3 rings (SSSR count). The summed E-state index contributed by atoms with van der Waals surface area (Å²) < 4.78 is 1.72. The lowest BCUT2D eigenvalue weighted by atomic mass is 9.83. The normalized spacial score (nSPS) is 15.8. The summed E-state index contributed by atoms with van der Waals surface area (Å²) in [7, 11) is 0. The third kappa shape index (κ3) is 1.90. The van der Waals surface area contributed by atoms with Crippen LogP contribution in [0.25, 0.3) is 10.8 Å². The summed E-state index contributed by atoms with van der Waals surface area (Å²) in [5.41, 5.74) is 6.04. The van der Waals surface area contributed by atoms with Crippen molar-refractivity contribution in [1.82, 2.24) is 4.57 Å². The van der Waals surface area contributed by atoms with Crippen molar-refractivity contribution in [2.45, 2.75) is 32.2 Å². The van der Waals surface area contributed by atoms with Crippen LogP contribution in [0.1, 0.15) is 25.7 Å². The summed E-state index contributed by atoms with van der Waals surface area (Å²) >= 11 is 0. The molecule has 2 aromatic rings. The molecule has 1 aromatic heterocycles. The van der Waals surface area contributed by atoms with Gasteiger partial charge in [-0.25, -0.2) is 0 Å². The van der Waals surface area contributed by atoms with Crippen LogP contribution >= 0.6 is 0 Å². The minimum absolute atomic E-state index is 0.0462. The lowest BCUT2D eigenvalue weighted by Gasteiger charge is -2.25. The van der Waals surface area contributed by atoms with E-state index in [0.29, 0.717) is 5.82 Å². The number of nitrogen functional groups attached to an aromatic ring is 1. The molecule has 1 fully saturated rings. The molecule has 0 bridgehead atoms. The standard InChI is InChI=1S/C15H18N2O/c16-14-10-12-6-1-2-7-13(12)15(18)17(14)9-8-11-4-3-5-11/h1-2,6-7,10-11H,3-5,8-9,16H2. The van der Waals surface area contributed by atoms with Crippen molar-refractivity contribution in [2.24, 2.45) is 5.92 Å². The molecule has 2 N–H and O–H groups in total. The van der Waals surface area contributed by atoms with E-state index in [-0.39, 0.29) is 5.56 Å². The Bertz CT molecular complexity index is 626. The lowest BCUT2D eigenvalue weighted by molar-refractivity contribution is 0.282. The largest absolute Gasteiger partial charge is 0.385 e. The zero-order chi connectivity index (χ0) is 12.5. The molecular formula is C15H18N2O. The molecule has 0 spiro atoms. The number of benzene rings is 1. The van der Waals surface area contributed by atoms with Crippen LogP contribution in [0.5, 0.6) is 0 Å². The zero-order valence-electron chi connectivity index (χ0n) is 10.4. The number of nitrogens with two attached hydrogens (primary N) is 1. The average Bonchev–Trinajstić information content (AvgIpc) is 2.31. The fraction of sp³-hybridized carbons (Fsp3) is 0.400. The number of fused-ring (bicyclic) bond motifs is 1. The first-order chi connectivity index (χ1) is 8.75. The van der Waals surface area contributed by atoms with Gasteiger partial charge in [0, 0.05) is 11.9 Å². The Morgan fingerprint density at radius 3 is 2.78 bits per heavy atom. The highest BCUT2D eigenvalue weighted by Crippen LogP contribution is 2.29. The van der Waals surface area contributed by atoms with Crippen LogP contribution in [0, 0.1) is 5.92 Å². The molecule has 1 aliphatic carbocycles. The summed E-state index contributed by atoms with van der Waals surface area (Å²) in [5, 5.41) is 1.69. The fourth-order valence-electron chi connectivity index (χ4n) is 2.64. The first-order valence-corrected chi connectivity index (χ1v) is 6.64. The van der Waals surface area contributed by atoms with Crippen LogP contribution in [0.2, 0.25) is 0 Å². The van der Waals surface area contributed by atoms with E-state index < -0.39 is 0 Å². The van der Waals surface area contributed by atoms with Crippen molar-refractivity contribution in [3.05, 3.63) is 40.7 Å². The van der Waals surface area contributed by atoms with Crippen molar-refractivity contribution in [3.8, 4) is 0 Å². The molecule has 0 aliphatic heterocycles. The van der Waals surface area contributed by atoms with Crippen molar-refractivity contribution in [3.63, 3.8) is 0 Å². The highest BCUT2D eigenvalue weighted by atomic mass is 16.1. The van der Waals surface area contributed by atoms with E-state index in [0.717, 1.165) is 29.7 Å². The molecule has 0 unspecified atom stereocenters. The fourth-order valence-corrected chi connectivity index (χ4v) is 2.64. The van der Waals surface area contributed by atoms with Crippen LogP contribution in [0.3, 0.4) is 0 Å². The van der Waals surface area contributed by atoms with E-state index in [1.165, 1.54) is 19.3 Å². The summed E-state index contributed by atoms with van der Waals surface area (Å²) in [6.45, 7) is 0.750. The molecule has 0 atom stereocenters. The molecule has 94 valence electrons. The Kier molecular flexibility index (Phi) is 2.82. The minimum Gasteiger partial charge on any atom is -0.385 e. The van der Waals surface area contributed by atoms with Gasteiger partial charge in [-0.3, -0.25) is 9.36 Å². The van der Waals surface area contributed by atoms with Gasteiger partial charge in [-0.2, -0.15) is 0 Å². The number of hydrogen-bond acceptors (Lipinski definition) is 2. The van der Waals surface area contributed by atoms with Crippen molar-refractivity contribution in [1.29, 1.82) is 0 Å². The Morgan fingerprint density at radius 2 is 2.06 bits per heavy atom. The van der Waals surface area contributed by atoms with Crippen LogP contribution < -0.4 is 11.3 Å². The number of nitrogens with zero attached hydrogens (tertiary/aromatic N) is 1. The van der Waals surface area contributed by atoms with Gasteiger partial charge in [-0.05, 0) is 29.9 Å². The second-order valence-corrected chi connectivity index (χ2v) is 5.20. The molecule has 0 saturated heterocycles. The molecule has 1 heterocycles. The summed E-state index contributed by atoms with van der Waals surface area (Å²) in [4.78, 5) is 12.4. The van der Waals surface area contributed by atoms with Gasteiger partial charge < -0.3 is 5.73 Å². The predicted molar refractivity (Wildman–Crippen MR) is 74.6 cm³/mol. The van der Waals surface area contributed by atoms with Gasteiger partial charge in [0.25, 0.3) is 5.56 Å². The molecule has 1 aliphatic rings. The number of anilines is 1. The Labute approximate surface area is 106 Å². The van der Waals surface area contributed by atoms with Gasteiger partial charge in [0.2, 0.25) is 0 Å². The number of rotatable bonds is 3. The second-order valence-electron chi connectivity index (χ2n) is 5.20. The summed E-state index contributed by atoms with van der Waals surface area (Å²) in [5.74, 6) is 1.38. The van der Waals surface area contributed by atoms with Gasteiger partial charge in [0.1, 0.15) is 5.82 Å². The van der Waals surface area contributed by atoms with E-state index in [4.69, 9.17) is 5.73 Å². The van der Waals surface area contributed by atoms with Gasteiger partial charge in [-0.15, -0.1) is 0 Å². The van der Waals surface area contributed by atoms with Crippen LogP contribution in [-0.4, -0.2) is 4.57 Å². The van der Waals surface area contributed by atoms with E-state index in [1.807, 2.05) is 30.3 Å². The third-order valence-electron chi connectivity index (χ3n) is 4.04. The quantitative estimate of drug-likeness (QED) is 0.899. The molecule has 3 nitrogen and oxygen atoms in total. The molecule has 3 heteroatoms. The second kappa shape index (κ2) is 4.48. The third-order valence-corrected chi connectivity index (χ3v) is 4.04. The van der Waals surface area contributed by atoms with E-state index in [1.54, 1.807) is 4.57 Å². The minimum atomic E-state index is 0.0462. The van der Waals surface area contributed by atoms with E-state index >= 15 is 0 Å². The monoisotopic (exact) mass is 242 g/mol. The highest BCUT2D eigenvalue weighted by molar-refractivity contribution is 5.83. The van der Waals surface area contributed by atoms with Crippen LogP contribution in [0.15, 0.2) is 35.1 Å². The molecule has 1 saturated carbocycles. The Morgan fingerprint density at radius 1 is 1.28 bits per heavy atom. The molecular weight excluding hydrogens is 224 g/mol. The van der Waals surface area contributed by atoms with Gasteiger partial charge in [0.05, 0.1) is 0 Å². The molecule has 1 aromatic carbocycles. The summed E-state index contributed by atoms with van der Waals surface area (Å²) in [6, 6.07) is 9.54. The number of aromatic nitrogens is 1. The van der Waals surface area contributed by atoms with Crippen molar-refractivity contribution < 1.29 is 0 Å². The molecule has 0 radical (unpaired) electrons. The van der Waals surface area contributed by atoms with Crippen LogP contribution in [0.4, 0.5) is 5.82 Å². The highest BCUT2D eigenvalue weighted by Gasteiger charge is 2.17. The topological polar surface area (TPSA) is 48.0 Å². The smallest absolute Gasteiger partial charge is 0.259 e. The van der Waals surface area contributed by atoms with E-state index in [2.05, 4.69) is 0 Å². The van der Waals surface area contributed by atoms with E-state index in [9.17, 15) is 4.79 Å². The van der Waals surface area contributed by atoms with Gasteiger partial charge in [-0.1, -0.05) is 37.5 Å². The predicted octanol–water partition coefficient (Wildman–Crippen LogP) is 2.77. The van der Waals surface area contributed by atoms with Crippen molar-refractivity contribution >= 4 is 16.6 Å². The summed E-state index contributed by atoms with van der Waals surface area (Å²) in [6.07, 6.45) is 5.03. The Hall–Kier alpha value is -1.77. The Balaban J connectivity index is 1.97. The maximum atomic E-state index is 12.4. The zero-order valence-corrected chi connectivity index (χ0v) is 10.4. The first kappa shape index (κ1) is 11.3. The van der Waals surface area contributed by atoms with Crippen LogP contribution in [-0.2, 0) is 6.54 Å². The number of hydrogen-bond donors (Lipinski definition) is 1. The number of pyridine rings is 1. The average molecular weight is 242 g/mol. The van der Waals surface area contributed by atoms with Crippen molar-refractivity contribution in [2.75, 3.05) is 5.73 Å². The maximum Gasteiger partial charge on any atom is 0.259 e. The van der Waals surface area contributed by atoms with Gasteiger partial charge >= 0.3 is 0 Å². The first-order valence-electron chi connectivity index (χ1n) is 6.64.